The Balaban J connectivity index is 0. The largest absolute Gasteiger partial charge is 0.463 e. The molecular formula is C19H40O5. The van der Waals surface area contributed by atoms with Crippen molar-refractivity contribution in [1.29, 1.82) is 0 Å². The molecule has 0 aliphatic carbocycles. The van der Waals surface area contributed by atoms with Crippen molar-refractivity contribution in [2.24, 2.45) is 0 Å². The molecule has 0 saturated heterocycles. The van der Waals surface area contributed by atoms with Crippen LogP contribution in [0.15, 0.2) is 0 Å². The van der Waals surface area contributed by atoms with Crippen molar-refractivity contribution in [1.82, 2.24) is 0 Å². The Morgan fingerprint density at radius 2 is 1.38 bits per heavy atom. The van der Waals surface area contributed by atoms with Gasteiger partial charge < -0.3 is 20.1 Å². The Labute approximate surface area is 148 Å². The molecule has 3 N–H and O–H groups in total. The second-order valence-electron chi connectivity index (χ2n) is 6.33. The minimum absolute atomic E-state index is 0.00726. The monoisotopic (exact) mass is 348 g/mol. The van der Waals surface area contributed by atoms with Crippen molar-refractivity contribution in [2.75, 3.05) is 13.2 Å². The van der Waals surface area contributed by atoms with E-state index in [1.54, 1.807) is 0 Å². The average Bonchev–Trinajstić information content (AvgIpc) is 2.58. The van der Waals surface area contributed by atoms with Crippen LogP contribution in [0.1, 0.15) is 91.4 Å². The van der Waals surface area contributed by atoms with Crippen LogP contribution in [-0.4, -0.2) is 46.7 Å². The first-order valence-electron chi connectivity index (χ1n) is 9.60. The summed E-state index contributed by atoms with van der Waals surface area (Å²) < 4.78 is 5.36. The van der Waals surface area contributed by atoms with Gasteiger partial charge in [-0.2, -0.15) is 0 Å². The lowest BCUT2D eigenvalue weighted by Gasteiger charge is -2.12. The van der Waals surface area contributed by atoms with E-state index in [1.165, 1.54) is 44.9 Å². The van der Waals surface area contributed by atoms with Gasteiger partial charge in [-0.3, -0.25) is 4.79 Å². The molecule has 24 heavy (non-hydrogen) atoms. The maximum atomic E-state index is 11.5. The highest BCUT2D eigenvalue weighted by molar-refractivity contribution is 5.69. The van der Waals surface area contributed by atoms with E-state index in [0.717, 1.165) is 19.3 Å². The zero-order valence-electron chi connectivity index (χ0n) is 16.0. The molecule has 0 spiro atoms. The maximum absolute atomic E-state index is 11.5. The summed E-state index contributed by atoms with van der Waals surface area (Å²) in [7, 11) is 0. The van der Waals surface area contributed by atoms with Gasteiger partial charge in [0.1, 0.15) is 6.10 Å². The van der Waals surface area contributed by atoms with Crippen molar-refractivity contribution >= 4 is 5.97 Å². The number of rotatable bonds is 14. The third-order valence-electron chi connectivity index (χ3n) is 3.70. The van der Waals surface area contributed by atoms with E-state index in [0.29, 0.717) is 6.42 Å². The van der Waals surface area contributed by atoms with Crippen molar-refractivity contribution in [2.45, 2.75) is 104 Å². The van der Waals surface area contributed by atoms with E-state index in [1.807, 2.05) is 6.92 Å². The van der Waals surface area contributed by atoms with Crippen molar-refractivity contribution < 1.29 is 24.9 Å². The molecule has 0 fully saturated rings. The molecule has 5 nitrogen and oxygen atoms in total. The Hall–Kier alpha value is -0.650. The molecule has 0 aliphatic rings. The molecule has 0 bridgehead atoms. The summed E-state index contributed by atoms with van der Waals surface area (Å²) in [4.78, 5) is 11.5. The predicted octanol–water partition coefficient (Wildman–Crippen LogP) is 3.58. The van der Waals surface area contributed by atoms with Gasteiger partial charge >= 0.3 is 5.97 Å². The Bertz CT molecular complexity index is 254. The van der Waals surface area contributed by atoms with Crippen LogP contribution in [0.2, 0.25) is 0 Å². The lowest BCUT2D eigenvalue weighted by atomic mass is 10.1. The summed E-state index contributed by atoms with van der Waals surface area (Å²) >= 11 is 0. The molecular weight excluding hydrogens is 308 g/mol. The molecule has 0 heterocycles. The van der Waals surface area contributed by atoms with Gasteiger partial charge in [0, 0.05) is 6.42 Å². The highest BCUT2D eigenvalue weighted by Crippen LogP contribution is 2.10. The van der Waals surface area contributed by atoms with E-state index in [2.05, 4.69) is 13.8 Å². The van der Waals surface area contributed by atoms with Gasteiger partial charge in [-0.1, -0.05) is 65.2 Å². The Kier molecular flexibility index (Phi) is 21.7. The van der Waals surface area contributed by atoms with Gasteiger partial charge in [-0.15, -0.1) is 0 Å². The van der Waals surface area contributed by atoms with Crippen molar-refractivity contribution in [3.63, 3.8) is 0 Å². The molecule has 0 rings (SSSR count). The molecule has 0 aliphatic heterocycles. The fraction of sp³-hybridized carbons (Fsp3) is 0.947. The zero-order valence-corrected chi connectivity index (χ0v) is 16.0. The van der Waals surface area contributed by atoms with Crippen LogP contribution in [-0.2, 0) is 9.53 Å². The highest BCUT2D eigenvalue weighted by Gasteiger charge is 2.08. The third kappa shape index (κ3) is 21.4. The van der Waals surface area contributed by atoms with Gasteiger partial charge in [0.25, 0.3) is 0 Å². The summed E-state index contributed by atoms with van der Waals surface area (Å²) in [6, 6.07) is 0. The molecule has 1 unspecified atom stereocenters. The van der Waals surface area contributed by atoms with E-state index in [-0.39, 0.29) is 25.3 Å². The first-order chi connectivity index (χ1) is 11.5. The number of hydrogen-bond acceptors (Lipinski definition) is 5. The molecule has 0 aromatic carbocycles. The number of carbonyl (C=O) groups excluding carboxylic acids is 1. The molecule has 0 saturated carbocycles. The van der Waals surface area contributed by atoms with Crippen LogP contribution in [0.5, 0.6) is 0 Å². The van der Waals surface area contributed by atoms with Crippen LogP contribution >= 0.6 is 0 Å². The first-order valence-corrected chi connectivity index (χ1v) is 9.60. The zero-order chi connectivity index (χ0) is 18.6. The van der Waals surface area contributed by atoms with E-state index >= 15 is 0 Å². The van der Waals surface area contributed by atoms with E-state index in [9.17, 15) is 4.79 Å². The number of ether oxygens (including phenoxy) is 1. The summed E-state index contributed by atoms with van der Waals surface area (Å²) in [5.74, 6) is -0.00726. The van der Waals surface area contributed by atoms with Gasteiger partial charge in [0.05, 0.1) is 19.3 Å². The summed E-state index contributed by atoms with van der Waals surface area (Å²) in [5.41, 5.74) is 0. The topological polar surface area (TPSA) is 87.0 Å². The van der Waals surface area contributed by atoms with Gasteiger partial charge in [-0.25, -0.2) is 0 Å². The van der Waals surface area contributed by atoms with Crippen LogP contribution in [0, 0.1) is 0 Å². The second kappa shape index (κ2) is 20.4. The molecule has 146 valence electrons. The standard InChI is InChI=1S/C16H32O2.C3H8O3/c1-4-6-8-9-10-11-12-14-16(17)18-15(3)13-7-5-2;4-1-3(6)2-5/h15H,4-14H2,1-3H3;3-6H,1-2H2. The van der Waals surface area contributed by atoms with Crippen molar-refractivity contribution in [3.8, 4) is 0 Å². The second-order valence-corrected chi connectivity index (χ2v) is 6.33. The summed E-state index contributed by atoms with van der Waals surface area (Å²) in [6.07, 6.45) is 11.8. The Morgan fingerprint density at radius 1 is 0.875 bits per heavy atom. The normalized spacial score (nSPS) is 11.8. The predicted molar refractivity (Wildman–Crippen MR) is 97.9 cm³/mol. The summed E-state index contributed by atoms with van der Waals surface area (Å²) in [6.45, 7) is 5.66. The van der Waals surface area contributed by atoms with Gasteiger partial charge in [0.2, 0.25) is 0 Å². The number of aliphatic hydroxyl groups excluding tert-OH is 3. The fourth-order valence-corrected chi connectivity index (χ4v) is 2.12. The van der Waals surface area contributed by atoms with Gasteiger partial charge in [-0.05, 0) is 19.8 Å². The smallest absolute Gasteiger partial charge is 0.306 e. The quantitative estimate of drug-likeness (QED) is 0.330. The van der Waals surface area contributed by atoms with Gasteiger partial charge in [0.15, 0.2) is 0 Å². The lowest BCUT2D eigenvalue weighted by molar-refractivity contribution is -0.148. The maximum Gasteiger partial charge on any atom is 0.306 e. The van der Waals surface area contributed by atoms with Crippen LogP contribution in [0.25, 0.3) is 0 Å². The number of unbranched alkanes of at least 4 members (excludes halogenated alkanes) is 7. The molecule has 0 aromatic heterocycles. The van der Waals surface area contributed by atoms with Crippen LogP contribution in [0.4, 0.5) is 0 Å². The number of hydrogen-bond donors (Lipinski definition) is 3. The van der Waals surface area contributed by atoms with Crippen molar-refractivity contribution in [3.05, 3.63) is 0 Å². The number of aliphatic hydroxyl groups is 3. The number of carbonyl (C=O) groups is 1. The molecule has 0 aromatic rings. The minimum Gasteiger partial charge on any atom is -0.463 e. The fourth-order valence-electron chi connectivity index (χ4n) is 2.12. The molecule has 0 amide bonds. The SMILES string of the molecule is CCCCCCCCCC(=O)OC(C)CCCC.OCC(O)CO. The summed E-state index contributed by atoms with van der Waals surface area (Å²) in [5, 5.41) is 24.0. The Morgan fingerprint density at radius 3 is 1.83 bits per heavy atom. The molecule has 5 heteroatoms. The van der Waals surface area contributed by atoms with Crippen LogP contribution < -0.4 is 0 Å². The minimum atomic E-state index is -0.954. The molecule has 1 atom stereocenters. The van der Waals surface area contributed by atoms with E-state index in [4.69, 9.17) is 20.1 Å². The lowest BCUT2D eigenvalue weighted by Crippen LogP contribution is -2.15. The molecule has 0 radical (unpaired) electrons. The average molecular weight is 349 g/mol. The number of esters is 1. The first kappa shape index (κ1) is 25.6. The van der Waals surface area contributed by atoms with Crippen LogP contribution in [0.3, 0.4) is 0 Å². The highest BCUT2D eigenvalue weighted by atomic mass is 16.5. The third-order valence-corrected chi connectivity index (χ3v) is 3.70. The van der Waals surface area contributed by atoms with E-state index < -0.39 is 6.10 Å².